The number of piperazine rings is 1. The summed E-state index contributed by atoms with van der Waals surface area (Å²) < 4.78 is 11.2. The van der Waals surface area contributed by atoms with Gasteiger partial charge < -0.3 is 30.3 Å². The Kier molecular flexibility index (Phi) is 9.43. The largest absolute Gasteiger partial charge is 0.380 e. The lowest BCUT2D eigenvalue weighted by atomic mass is 9.70. The van der Waals surface area contributed by atoms with Crippen molar-refractivity contribution in [3.05, 3.63) is 0 Å². The van der Waals surface area contributed by atoms with Gasteiger partial charge in [-0.25, -0.2) is 0 Å². The fourth-order valence-electron chi connectivity index (χ4n) is 6.89. The molecule has 12 atom stereocenters. The fourth-order valence-corrected chi connectivity index (χ4v) is 8.60. The van der Waals surface area contributed by atoms with Crippen LogP contribution in [0.25, 0.3) is 0 Å². The molecule has 5 aliphatic rings. The fraction of sp³-hybridized carbons (Fsp3) is 0.920. The third-order valence-electron chi connectivity index (χ3n) is 9.08. The van der Waals surface area contributed by atoms with Crippen LogP contribution in [0.1, 0.15) is 26.7 Å². The average Bonchev–Trinajstić information content (AvgIpc) is 3.47. The summed E-state index contributed by atoms with van der Waals surface area (Å²) in [6, 6.07) is 0.222. The zero-order valence-electron chi connectivity index (χ0n) is 22.7. The highest BCUT2D eigenvalue weighted by Gasteiger charge is 2.48. The monoisotopic (exact) mass is 573 g/mol. The Balaban J connectivity index is 1.16. The maximum Gasteiger partial charge on any atom is 0.241 e. The molecule has 5 heterocycles. The van der Waals surface area contributed by atoms with E-state index in [1.807, 2.05) is 11.8 Å². The molecule has 5 fully saturated rings. The number of thioether (sulfide) groups is 1. The van der Waals surface area contributed by atoms with Gasteiger partial charge >= 0.3 is 0 Å². The van der Waals surface area contributed by atoms with Crippen LogP contribution >= 0.6 is 23.4 Å². The number of likely N-dealkylation sites (tertiary alicyclic amines) is 1. The van der Waals surface area contributed by atoms with E-state index in [-0.39, 0.29) is 76.3 Å². The van der Waals surface area contributed by atoms with E-state index in [4.69, 9.17) is 21.1 Å². The third-order valence-corrected chi connectivity index (χ3v) is 10.8. The van der Waals surface area contributed by atoms with Crippen molar-refractivity contribution in [2.24, 2.45) is 17.8 Å². The number of methoxy groups -OCH3 is 2. The summed E-state index contributed by atoms with van der Waals surface area (Å²) in [6.45, 7) is 7.55. The van der Waals surface area contributed by atoms with Crippen LogP contribution in [-0.2, 0) is 19.1 Å². The molecule has 216 valence electrons. The van der Waals surface area contributed by atoms with E-state index in [9.17, 15) is 9.59 Å². The van der Waals surface area contributed by atoms with E-state index in [1.165, 1.54) is 0 Å². The van der Waals surface area contributed by atoms with Crippen LogP contribution in [0.15, 0.2) is 0 Å². The van der Waals surface area contributed by atoms with E-state index in [2.05, 4.69) is 38.8 Å². The number of ether oxygens (including phenoxy) is 2. The van der Waals surface area contributed by atoms with Crippen molar-refractivity contribution < 1.29 is 19.1 Å². The molecule has 0 bridgehead atoms. The van der Waals surface area contributed by atoms with Crippen molar-refractivity contribution in [1.29, 1.82) is 0 Å². The summed E-state index contributed by atoms with van der Waals surface area (Å²) in [7, 11) is 3.39. The Morgan fingerprint density at radius 2 is 1.79 bits per heavy atom. The predicted octanol–water partition coefficient (Wildman–Crippen LogP) is -0.972. The first-order chi connectivity index (χ1) is 18.3. The average molecular weight is 574 g/mol. The maximum atomic E-state index is 13.6. The van der Waals surface area contributed by atoms with Crippen LogP contribution < -0.4 is 31.9 Å². The second-order valence-electron chi connectivity index (χ2n) is 11.5. The predicted molar refractivity (Wildman–Crippen MR) is 148 cm³/mol. The number of fused-ring (bicyclic) bond motifs is 1. The van der Waals surface area contributed by atoms with E-state index in [1.54, 1.807) is 26.0 Å². The second-order valence-corrected chi connectivity index (χ2v) is 13.4. The zero-order chi connectivity index (χ0) is 27.0. The van der Waals surface area contributed by atoms with Gasteiger partial charge in [-0.15, -0.1) is 23.4 Å². The van der Waals surface area contributed by atoms with Gasteiger partial charge in [0.15, 0.2) is 0 Å². The van der Waals surface area contributed by atoms with E-state index >= 15 is 0 Å². The van der Waals surface area contributed by atoms with Gasteiger partial charge in [0.05, 0.1) is 17.5 Å². The molecule has 0 aliphatic carbocycles. The normalized spacial score (nSPS) is 45.6. The highest BCUT2D eigenvalue weighted by atomic mass is 35.5. The standard InChI is InChI=1S/C25H44ClN7O4S/c1-12-5-14(15-6-20(26)29-8-18(15)36-3)16(7-27-12)23(34)32-25-30-17-10-33(11-19(17)38-25)24(35)22-13(2)28-9-21(31-22)37-4/h12-22,25,27-31H,5-11H2,1-4H3,(H,32,34). The minimum absolute atomic E-state index is 0.0356. The molecule has 5 saturated heterocycles. The molecule has 38 heavy (non-hydrogen) atoms. The molecule has 0 radical (unpaired) electrons. The molecule has 0 aromatic rings. The van der Waals surface area contributed by atoms with Crippen molar-refractivity contribution in [2.75, 3.05) is 46.9 Å². The third kappa shape index (κ3) is 6.13. The lowest BCUT2D eigenvalue weighted by molar-refractivity contribution is -0.135. The van der Waals surface area contributed by atoms with Crippen molar-refractivity contribution >= 4 is 35.2 Å². The number of alkyl halides is 1. The van der Waals surface area contributed by atoms with Gasteiger partial charge in [-0.05, 0) is 38.5 Å². The van der Waals surface area contributed by atoms with Gasteiger partial charge in [-0.2, -0.15) is 0 Å². The Labute approximate surface area is 235 Å². The smallest absolute Gasteiger partial charge is 0.241 e. The highest BCUT2D eigenvalue weighted by molar-refractivity contribution is 8.00. The van der Waals surface area contributed by atoms with Crippen LogP contribution in [0, 0.1) is 17.8 Å². The SMILES string of the molecule is COC1CNC(C)C(C(=O)N2CC3NC(NC(=O)C4CNC(C)CC4C4CC(Cl)NCC4OC)SC3C2)N1. The molecule has 12 unspecified atom stereocenters. The molecular weight excluding hydrogens is 530 g/mol. The topological polar surface area (TPSA) is 128 Å². The zero-order valence-corrected chi connectivity index (χ0v) is 24.3. The number of carbonyl (C=O) groups excluding carboxylic acids is 2. The lowest BCUT2D eigenvalue weighted by Gasteiger charge is -2.45. The number of hydrogen-bond acceptors (Lipinski definition) is 10. The van der Waals surface area contributed by atoms with Gasteiger partial charge in [-0.1, -0.05) is 0 Å². The quantitative estimate of drug-likeness (QED) is 0.174. The van der Waals surface area contributed by atoms with Gasteiger partial charge in [0.2, 0.25) is 11.8 Å². The molecular formula is C25H44ClN7O4S. The number of rotatable bonds is 6. The Bertz CT molecular complexity index is 847. The van der Waals surface area contributed by atoms with Crippen LogP contribution in [0.5, 0.6) is 0 Å². The number of amides is 2. The lowest BCUT2D eigenvalue weighted by Crippen LogP contribution is -2.65. The summed E-state index contributed by atoms with van der Waals surface area (Å²) >= 11 is 8.19. The maximum absolute atomic E-state index is 13.6. The van der Waals surface area contributed by atoms with Crippen molar-refractivity contribution in [2.45, 2.75) is 79.4 Å². The van der Waals surface area contributed by atoms with E-state index < -0.39 is 0 Å². The van der Waals surface area contributed by atoms with Crippen molar-refractivity contribution in [3.63, 3.8) is 0 Å². The summed E-state index contributed by atoms with van der Waals surface area (Å²) in [6.07, 6.45) is 1.59. The molecule has 0 saturated carbocycles. The van der Waals surface area contributed by atoms with Crippen molar-refractivity contribution in [3.8, 4) is 0 Å². The number of halogens is 1. The molecule has 5 rings (SSSR count). The highest BCUT2D eigenvalue weighted by Crippen LogP contribution is 2.38. The Morgan fingerprint density at radius 3 is 2.53 bits per heavy atom. The Morgan fingerprint density at radius 1 is 0.974 bits per heavy atom. The minimum atomic E-state index is -0.315. The second kappa shape index (κ2) is 12.4. The van der Waals surface area contributed by atoms with Gasteiger partial charge in [0.1, 0.15) is 17.8 Å². The molecule has 0 spiro atoms. The molecule has 5 aliphatic heterocycles. The number of nitrogens with one attached hydrogen (secondary N) is 6. The summed E-state index contributed by atoms with van der Waals surface area (Å²) in [5.41, 5.74) is -0.256. The first-order valence-corrected chi connectivity index (χ1v) is 15.3. The molecule has 0 aromatic heterocycles. The molecule has 0 aromatic carbocycles. The summed E-state index contributed by atoms with van der Waals surface area (Å²) in [4.78, 5) is 28.8. The first-order valence-electron chi connectivity index (χ1n) is 13.9. The Hall–Kier alpha value is -0.700. The molecule has 13 heteroatoms. The first kappa shape index (κ1) is 28.8. The van der Waals surface area contributed by atoms with Gasteiger partial charge in [0, 0.05) is 70.3 Å². The number of piperidine rings is 2. The van der Waals surface area contributed by atoms with Gasteiger partial charge in [-0.3, -0.25) is 25.5 Å². The van der Waals surface area contributed by atoms with Crippen LogP contribution in [0.2, 0.25) is 0 Å². The molecule has 2 amide bonds. The van der Waals surface area contributed by atoms with Gasteiger partial charge in [0.25, 0.3) is 0 Å². The number of hydrogen-bond donors (Lipinski definition) is 6. The number of carbonyl (C=O) groups is 2. The van der Waals surface area contributed by atoms with Crippen LogP contribution in [0.4, 0.5) is 0 Å². The van der Waals surface area contributed by atoms with Crippen LogP contribution in [-0.4, -0.2) is 116 Å². The van der Waals surface area contributed by atoms with Crippen molar-refractivity contribution in [1.82, 2.24) is 36.8 Å². The summed E-state index contributed by atoms with van der Waals surface area (Å²) in [5.74, 6) is 0.463. The molecule has 11 nitrogen and oxygen atoms in total. The number of nitrogens with zero attached hydrogens (tertiary/aromatic N) is 1. The van der Waals surface area contributed by atoms with E-state index in [0.29, 0.717) is 38.8 Å². The molecule has 6 N–H and O–H groups in total. The minimum Gasteiger partial charge on any atom is -0.380 e. The summed E-state index contributed by atoms with van der Waals surface area (Å²) in [5, 5.41) is 20.6. The van der Waals surface area contributed by atoms with Crippen LogP contribution in [0.3, 0.4) is 0 Å². The van der Waals surface area contributed by atoms with E-state index in [0.717, 1.165) is 12.8 Å².